The average molecular weight is 460 g/mol. The van der Waals surface area contributed by atoms with Gasteiger partial charge in [0, 0.05) is 24.2 Å². The zero-order valence-electron chi connectivity index (χ0n) is 16.6. The minimum atomic E-state index is -1.13. The summed E-state index contributed by atoms with van der Waals surface area (Å²) in [5.41, 5.74) is 2.16. The van der Waals surface area contributed by atoms with Crippen molar-refractivity contribution in [3.05, 3.63) is 68.7 Å². The zero-order valence-corrected chi connectivity index (χ0v) is 17.4. The summed E-state index contributed by atoms with van der Waals surface area (Å²) in [5, 5.41) is 17.3. The summed E-state index contributed by atoms with van der Waals surface area (Å²) in [5.74, 6) is -2.49. The van der Waals surface area contributed by atoms with E-state index < -0.39 is 16.7 Å². The third kappa shape index (κ3) is 5.65. The molecule has 0 saturated carbocycles. The SMILES string of the molecule is O=C(N/N=C/c1cc(Cl)ccc1[N+](=O)[O-])C(=O)Nc1ccccc1C(=O)N1CCOCC1. The Bertz CT molecular complexity index is 1080. The third-order valence-corrected chi connectivity index (χ3v) is 4.70. The van der Waals surface area contributed by atoms with Crippen LogP contribution in [-0.2, 0) is 14.3 Å². The molecule has 1 saturated heterocycles. The lowest BCUT2D eigenvalue weighted by Crippen LogP contribution is -2.41. The van der Waals surface area contributed by atoms with Crippen molar-refractivity contribution in [1.29, 1.82) is 0 Å². The zero-order chi connectivity index (χ0) is 23.1. The van der Waals surface area contributed by atoms with Gasteiger partial charge in [-0.15, -0.1) is 0 Å². The highest BCUT2D eigenvalue weighted by Crippen LogP contribution is 2.21. The number of carbonyl (C=O) groups is 3. The van der Waals surface area contributed by atoms with Crippen LogP contribution in [0.15, 0.2) is 47.6 Å². The second-order valence-electron chi connectivity index (χ2n) is 6.56. The average Bonchev–Trinajstić information content (AvgIpc) is 2.79. The number of hydrazone groups is 1. The molecule has 3 rings (SSSR count). The number of hydrogen-bond acceptors (Lipinski definition) is 7. The van der Waals surface area contributed by atoms with Crippen LogP contribution in [0.2, 0.25) is 5.02 Å². The molecule has 0 unspecified atom stereocenters. The second kappa shape index (κ2) is 10.5. The van der Waals surface area contributed by atoms with Gasteiger partial charge in [0.25, 0.3) is 11.6 Å². The predicted molar refractivity (Wildman–Crippen MR) is 116 cm³/mol. The summed E-state index contributed by atoms with van der Waals surface area (Å²) >= 11 is 5.83. The van der Waals surface area contributed by atoms with Crippen LogP contribution in [0.5, 0.6) is 0 Å². The maximum Gasteiger partial charge on any atom is 0.329 e. The number of para-hydroxylation sites is 1. The fourth-order valence-corrected chi connectivity index (χ4v) is 3.08. The molecule has 0 aliphatic carbocycles. The lowest BCUT2D eigenvalue weighted by Gasteiger charge is -2.27. The molecule has 11 nitrogen and oxygen atoms in total. The van der Waals surface area contributed by atoms with E-state index in [4.69, 9.17) is 16.3 Å². The van der Waals surface area contributed by atoms with Gasteiger partial charge in [0.2, 0.25) is 0 Å². The molecule has 1 fully saturated rings. The molecular formula is C20H18ClN5O6. The van der Waals surface area contributed by atoms with E-state index in [1.807, 2.05) is 5.43 Å². The van der Waals surface area contributed by atoms with Gasteiger partial charge in [0.15, 0.2) is 0 Å². The lowest BCUT2D eigenvalue weighted by molar-refractivity contribution is -0.385. The van der Waals surface area contributed by atoms with Crippen molar-refractivity contribution in [2.24, 2.45) is 5.10 Å². The molecule has 2 aromatic carbocycles. The van der Waals surface area contributed by atoms with E-state index in [0.717, 1.165) is 6.21 Å². The third-order valence-electron chi connectivity index (χ3n) is 4.47. The van der Waals surface area contributed by atoms with Crippen molar-refractivity contribution in [2.75, 3.05) is 31.6 Å². The molecule has 12 heteroatoms. The molecule has 0 spiro atoms. The molecule has 1 aliphatic rings. The van der Waals surface area contributed by atoms with Crippen LogP contribution in [0.25, 0.3) is 0 Å². The second-order valence-corrected chi connectivity index (χ2v) is 7.00. The Morgan fingerprint density at radius 3 is 2.56 bits per heavy atom. The summed E-state index contributed by atoms with van der Waals surface area (Å²) in [6.45, 7) is 1.69. The minimum absolute atomic E-state index is 0.0460. The first kappa shape index (κ1) is 22.8. The van der Waals surface area contributed by atoms with Crippen LogP contribution in [0.3, 0.4) is 0 Å². The first-order valence-electron chi connectivity index (χ1n) is 9.41. The molecule has 3 amide bonds. The van der Waals surface area contributed by atoms with Gasteiger partial charge in [-0.2, -0.15) is 5.10 Å². The standard InChI is InChI=1S/C20H18ClN5O6/c21-14-5-6-17(26(30)31)13(11-14)12-22-24-19(28)18(27)23-16-4-2-1-3-15(16)20(29)25-7-9-32-10-8-25/h1-6,11-12H,7-10H2,(H,23,27)(H,24,28)/b22-12+. The first-order valence-corrected chi connectivity index (χ1v) is 9.79. The van der Waals surface area contributed by atoms with Gasteiger partial charge < -0.3 is 15.0 Å². The number of amides is 3. The number of halogens is 1. The van der Waals surface area contributed by atoms with Crippen LogP contribution in [-0.4, -0.2) is 60.1 Å². The molecular weight excluding hydrogens is 442 g/mol. The summed E-state index contributed by atoms with van der Waals surface area (Å²) in [6, 6.07) is 10.1. The van der Waals surface area contributed by atoms with Crippen LogP contribution in [0, 0.1) is 10.1 Å². The number of nitrogens with one attached hydrogen (secondary N) is 2. The van der Waals surface area contributed by atoms with Gasteiger partial charge >= 0.3 is 11.8 Å². The minimum Gasteiger partial charge on any atom is -0.378 e. The summed E-state index contributed by atoms with van der Waals surface area (Å²) in [7, 11) is 0. The van der Waals surface area contributed by atoms with E-state index in [1.165, 1.54) is 24.3 Å². The highest BCUT2D eigenvalue weighted by atomic mass is 35.5. The van der Waals surface area contributed by atoms with E-state index in [2.05, 4.69) is 10.4 Å². The van der Waals surface area contributed by atoms with E-state index in [1.54, 1.807) is 23.1 Å². The molecule has 0 atom stereocenters. The van der Waals surface area contributed by atoms with Gasteiger partial charge in [0.05, 0.1) is 41.2 Å². The quantitative estimate of drug-likeness (QED) is 0.302. The first-order chi connectivity index (χ1) is 15.4. The van der Waals surface area contributed by atoms with E-state index >= 15 is 0 Å². The Morgan fingerprint density at radius 2 is 1.84 bits per heavy atom. The Balaban J connectivity index is 1.66. The molecule has 32 heavy (non-hydrogen) atoms. The van der Waals surface area contributed by atoms with Gasteiger partial charge in [0.1, 0.15) is 0 Å². The van der Waals surface area contributed by atoms with E-state index in [0.29, 0.717) is 26.3 Å². The molecule has 166 valence electrons. The number of nitro benzene ring substituents is 1. The maximum absolute atomic E-state index is 12.7. The Morgan fingerprint density at radius 1 is 1.12 bits per heavy atom. The van der Waals surface area contributed by atoms with Gasteiger partial charge in [-0.3, -0.25) is 24.5 Å². The van der Waals surface area contributed by atoms with Crippen molar-refractivity contribution in [1.82, 2.24) is 10.3 Å². The molecule has 1 heterocycles. The molecule has 0 bridgehead atoms. The Kier molecular flexibility index (Phi) is 7.47. The topological polar surface area (TPSA) is 143 Å². The number of nitrogens with zero attached hydrogens (tertiary/aromatic N) is 3. The van der Waals surface area contributed by atoms with Crippen molar-refractivity contribution in [2.45, 2.75) is 0 Å². The van der Waals surface area contributed by atoms with E-state index in [-0.39, 0.29) is 33.4 Å². The number of anilines is 1. The largest absolute Gasteiger partial charge is 0.378 e. The van der Waals surface area contributed by atoms with Crippen molar-refractivity contribution in [3.8, 4) is 0 Å². The Labute approximate surface area is 187 Å². The van der Waals surface area contributed by atoms with Gasteiger partial charge in [-0.25, -0.2) is 5.43 Å². The molecule has 2 N–H and O–H groups in total. The summed E-state index contributed by atoms with van der Waals surface area (Å²) in [6.07, 6.45) is 1.01. The normalized spacial score (nSPS) is 13.6. The monoisotopic (exact) mass is 459 g/mol. The highest BCUT2D eigenvalue weighted by molar-refractivity contribution is 6.40. The van der Waals surface area contributed by atoms with Crippen molar-refractivity contribution < 1.29 is 24.0 Å². The van der Waals surface area contributed by atoms with Gasteiger partial charge in [-0.1, -0.05) is 23.7 Å². The molecule has 1 aliphatic heterocycles. The van der Waals surface area contributed by atoms with Crippen molar-refractivity contribution >= 4 is 46.9 Å². The number of nitro groups is 1. The van der Waals surface area contributed by atoms with Crippen LogP contribution in [0.4, 0.5) is 11.4 Å². The van der Waals surface area contributed by atoms with Crippen LogP contribution < -0.4 is 10.7 Å². The number of rotatable bonds is 5. The lowest BCUT2D eigenvalue weighted by atomic mass is 10.1. The van der Waals surface area contributed by atoms with E-state index in [9.17, 15) is 24.5 Å². The fourth-order valence-electron chi connectivity index (χ4n) is 2.90. The summed E-state index contributed by atoms with van der Waals surface area (Å²) < 4.78 is 5.23. The maximum atomic E-state index is 12.7. The van der Waals surface area contributed by atoms with Crippen LogP contribution >= 0.6 is 11.6 Å². The smallest absolute Gasteiger partial charge is 0.329 e. The number of morpholine rings is 1. The van der Waals surface area contributed by atoms with Gasteiger partial charge in [-0.05, 0) is 24.3 Å². The number of benzene rings is 2. The predicted octanol–water partition coefficient (Wildman–Crippen LogP) is 1.81. The Hall–Kier alpha value is -3.83. The molecule has 0 aromatic heterocycles. The number of hydrogen-bond donors (Lipinski definition) is 2. The fraction of sp³-hybridized carbons (Fsp3) is 0.200. The molecule has 2 aromatic rings. The highest BCUT2D eigenvalue weighted by Gasteiger charge is 2.23. The number of ether oxygens (including phenoxy) is 1. The molecule has 0 radical (unpaired) electrons. The number of carbonyl (C=O) groups excluding carboxylic acids is 3. The van der Waals surface area contributed by atoms with Crippen LogP contribution in [0.1, 0.15) is 15.9 Å². The summed E-state index contributed by atoms with van der Waals surface area (Å²) in [4.78, 5) is 49.1. The van der Waals surface area contributed by atoms with Crippen molar-refractivity contribution in [3.63, 3.8) is 0 Å².